The Labute approximate surface area is 139 Å². The molecule has 9 heteroatoms. The summed E-state index contributed by atoms with van der Waals surface area (Å²) in [6.07, 6.45) is 0.370. The number of sulfone groups is 1. The smallest absolute Gasteiger partial charge is 0.344 e. The molecular formula is C15H18FNO6S. The van der Waals surface area contributed by atoms with E-state index in [2.05, 4.69) is 0 Å². The lowest BCUT2D eigenvalue weighted by Crippen LogP contribution is -2.40. The Morgan fingerprint density at radius 1 is 1.29 bits per heavy atom. The standard InChI is InChI=1S/C15H18FNO6S/c1-17(11-6-7-24(20,21)10-11)14(18)8-23-15(19)9-22-13-5-3-2-4-12(13)16/h2-5,11H,6-10H2,1H3/t11-/m0/s1. The third-order valence-corrected chi connectivity index (χ3v) is 5.44. The summed E-state index contributed by atoms with van der Waals surface area (Å²) < 4.78 is 45.9. The average molecular weight is 359 g/mol. The zero-order chi connectivity index (χ0) is 17.7. The normalized spacial score (nSPS) is 18.8. The van der Waals surface area contributed by atoms with Crippen LogP contribution in [-0.4, -0.2) is 63.0 Å². The van der Waals surface area contributed by atoms with Gasteiger partial charge in [-0.1, -0.05) is 12.1 Å². The van der Waals surface area contributed by atoms with E-state index >= 15 is 0 Å². The summed E-state index contributed by atoms with van der Waals surface area (Å²) >= 11 is 0. The molecule has 1 fully saturated rings. The van der Waals surface area contributed by atoms with Gasteiger partial charge in [-0.2, -0.15) is 0 Å². The highest BCUT2D eigenvalue weighted by Crippen LogP contribution is 2.17. The number of likely N-dealkylation sites (N-methyl/N-ethyl adjacent to an activating group) is 1. The Morgan fingerprint density at radius 2 is 2.00 bits per heavy atom. The number of benzene rings is 1. The molecule has 0 N–H and O–H groups in total. The summed E-state index contributed by atoms with van der Waals surface area (Å²) in [6, 6.07) is 5.18. The highest BCUT2D eigenvalue weighted by atomic mass is 32.2. The number of para-hydroxylation sites is 1. The fourth-order valence-electron chi connectivity index (χ4n) is 2.27. The van der Waals surface area contributed by atoms with Gasteiger partial charge < -0.3 is 14.4 Å². The molecule has 0 bridgehead atoms. The molecule has 1 amide bonds. The van der Waals surface area contributed by atoms with E-state index in [0.717, 1.165) is 0 Å². The summed E-state index contributed by atoms with van der Waals surface area (Å²) in [6.45, 7) is -1.05. The first-order valence-electron chi connectivity index (χ1n) is 7.27. The Morgan fingerprint density at radius 3 is 2.62 bits per heavy atom. The molecule has 1 aromatic carbocycles. The molecule has 1 aromatic rings. The van der Waals surface area contributed by atoms with Crippen LogP contribution in [0.4, 0.5) is 4.39 Å². The summed E-state index contributed by atoms with van der Waals surface area (Å²) in [5.41, 5.74) is 0. The van der Waals surface area contributed by atoms with Crippen LogP contribution in [0.1, 0.15) is 6.42 Å². The van der Waals surface area contributed by atoms with Crippen molar-refractivity contribution in [2.75, 3.05) is 31.8 Å². The topological polar surface area (TPSA) is 90.0 Å². The molecule has 1 atom stereocenters. The zero-order valence-corrected chi connectivity index (χ0v) is 13.9. The summed E-state index contributed by atoms with van der Waals surface area (Å²) in [5, 5.41) is 0. The second kappa shape index (κ2) is 7.61. The van der Waals surface area contributed by atoms with Crippen LogP contribution in [0, 0.1) is 5.82 Å². The van der Waals surface area contributed by atoms with Crippen LogP contribution < -0.4 is 4.74 Å². The fourth-order valence-corrected chi connectivity index (χ4v) is 4.04. The molecule has 0 aliphatic carbocycles. The maximum atomic E-state index is 13.3. The Bertz CT molecular complexity index is 720. The summed E-state index contributed by atoms with van der Waals surface area (Å²) in [7, 11) is -1.64. The number of hydrogen-bond acceptors (Lipinski definition) is 6. The van der Waals surface area contributed by atoms with Gasteiger partial charge in [0.2, 0.25) is 0 Å². The van der Waals surface area contributed by atoms with Crippen molar-refractivity contribution in [3.63, 3.8) is 0 Å². The van der Waals surface area contributed by atoms with Gasteiger partial charge in [-0.25, -0.2) is 17.6 Å². The molecule has 1 aliphatic heterocycles. The maximum Gasteiger partial charge on any atom is 0.344 e. The number of esters is 1. The van der Waals surface area contributed by atoms with E-state index in [1.54, 1.807) is 6.07 Å². The number of carbonyl (C=O) groups is 2. The van der Waals surface area contributed by atoms with E-state index in [1.165, 1.54) is 30.1 Å². The van der Waals surface area contributed by atoms with Crippen molar-refractivity contribution < 1.29 is 31.9 Å². The highest BCUT2D eigenvalue weighted by Gasteiger charge is 2.32. The number of nitrogens with zero attached hydrogens (tertiary/aromatic N) is 1. The van der Waals surface area contributed by atoms with E-state index < -0.39 is 46.8 Å². The van der Waals surface area contributed by atoms with E-state index in [0.29, 0.717) is 6.42 Å². The van der Waals surface area contributed by atoms with Crippen molar-refractivity contribution in [3.05, 3.63) is 30.1 Å². The lowest BCUT2D eigenvalue weighted by Gasteiger charge is -2.23. The van der Waals surface area contributed by atoms with Crippen LogP contribution in [0.5, 0.6) is 5.75 Å². The fraction of sp³-hybridized carbons (Fsp3) is 0.467. The zero-order valence-electron chi connectivity index (χ0n) is 13.1. The molecule has 24 heavy (non-hydrogen) atoms. The van der Waals surface area contributed by atoms with Crippen LogP contribution in [0.3, 0.4) is 0 Å². The molecule has 0 aromatic heterocycles. The van der Waals surface area contributed by atoms with Crippen molar-refractivity contribution in [2.45, 2.75) is 12.5 Å². The third kappa shape index (κ3) is 4.92. The van der Waals surface area contributed by atoms with Gasteiger partial charge in [-0.3, -0.25) is 4.79 Å². The van der Waals surface area contributed by atoms with Crippen LogP contribution in [0.15, 0.2) is 24.3 Å². The van der Waals surface area contributed by atoms with Crippen LogP contribution in [0.25, 0.3) is 0 Å². The van der Waals surface area contributed by atoms with Crippen molar-refractivity contribution >= 4 is 21.7 Å². The molecular weight excluding hydrogens is 341 g/mol. The largest absolute Gasteiger partial charge is 0.479 e. The first kappa shape index (κ1) is 18.2. The second-order valence-electron chi connectivity index (χ2n) is 5.44. The molecule has 0 saturated carbocycles. The van der Waals surface area contributed by atoms with Crippen LogP contribution in [0.2, 0.25) is 0 Å². The summed E-state index contributed by atoms with van der Waals surface area (Å²) in [5.74, 6) is -2.06. The molecule has 2 rings (SSSR count). The van der Waals surface area contributed by atoms with E-state index in [1.807, 2.05) is 0 Å². The molecule has 132 valence electrons. The van der Waals surface area contributed by atoms with Crippen molar-refractivity contribution in [1.29, 1.82) is 0 Å². The number of rotatable bonds is 6. The van der Waals surface area contributed by atoms with Crippen LogP contribution in [-0.2, 0) is 24.2 Å². The van der Waals surface area contributed by atoms with Crippen LogP contribution >= 0.6 is 0 Å². The predicted molar refractivity (Wildman–Crippen MR) is 82.7 cm³/mol. The number of halogens is 1. The Balaban J connectivity index is 1.75. The highest BCUT2D eigenvalue weighted by molar-refractivity contribution is 7.91. The van der Waals surface area contributed by atoms with Crippen molar-refractivity contribution in [1.82, 2.24) is 4.90 Å². The van der Waals surface area contributed by atoms with Gasteiger partial charge in [0, 0.05) is 13.1 Å². The van der Waals surface area contributed by atoms with Gasteiger partial charge in [-0.15, -0.1) is 0 Å². The molecule has 7 nitrogen and oxygen atoms in total. The Kier molecular flexibility index (Phi) is 5.76. The van der Waals surface area contributed by atoms with Gasteiger partial charge in [-0.05, 0) is 18.6 Å². The monoisotopic (exact) mass is 359 g/mol. The SMILES string of the molecule is CN(C(=O)COC(=O)COc1ccccc1F)[C@H]1CCS(=O)(=O)C1. The number of ether oxygens (including phenoxy) is 2. The lowest BCUT2D eigenvalue weighted by atomic mass is 10.2. The van der Waals surface area contributed by atoms with Gasteiger partial charge in [0.15, 0.2) is 34.6 Å². The Hall–Kier alpha value is -2.16. The van der Waals surface area contributed by atoms with Gasteiger partial charge in [0.05, 0.1) is 11.5 Å². The van der Waals surface area contributed by atoms with Gasteiger partial charge in [0.25, 0.3) is 5.91 Å². The minimum Gasteiger partial charge on any atom is -0.479 e. The first-order chi connectivity index (χ1) is 11.3. The average Bonchev–Trinajstić information content (AvgIpc) is 2.91. The maximum absolute atomic E-state index is 13.3. The molecule has 0 unspecified atom stereocenters. The molecule has 1 saturated heterocycles. The minimum absolute atomic E-state index is 0.0472. The third-order valence-electron chi connectivity index (χ3n) is 3.69. The second-order valence-corrected chi connectivity index (χ2v) is 7.67. The number of amides is 1. The molecule has 1 aliphatic rings. The number of hydrogen-bond donors (Lipinski definition) is 0. The van der Waals surface area contributed by atoms with Gasteiger partial charge >= 0.3 is 5.97 Å². The van der Waals surface area contributed by atoms with Crippen molar-refractivity contribution in [2.24, 2.45) is 0 Å². The number of carbonyl (C=O) groups excluding carboxylic acids is 2. The minimum atomic E-state index is -3.11. The predicted octanol–water partition coefficient (Wildman–Crippen LogP) is 0.393. The van der Waals surface area contributed by atoms with Crippen molar-refractivity contribution in [3.8, 4) is 5.75 Å². The van der Waals surface area contributed by atoms with E-state index in [9.17, 15) is 22.4 Å². The van der Waals surface area contributed by atoms with E-state index in [-0.39, 0.29) is 17.3 Å². The molecule has 0 spiro atoms. The molecule has 1 heterocycles. The van der Waals surface area contributed by atoms with E-state index in [4.69, 9.17) is 9.47 Å². The molecule has 0 radical (unpaired) electrons. The quantitative estimate of drug-likeness (QED) is 0.683. The lowest BCUT2D eigenvalue weighted by molar-refractivity contribution is -0.153. The summed E-state index contributed by atoms with van der Waals surface area (Å²) in [4.78, 5) is 24.7. The first-order valence-corrected chi connectivity index (χ1v) is 9.09. The van der Waals surface area contributed by atoms with Gasteiger partial charge in [0.1, 0.15) is 0 Å².